The zero-order valence-electron chi connectivity index (χ0n) is 9.45. The molecule has 0 aromatic carbocycles. The Morgan fingerprint density at radius 3 is 2.72 bits per heavy atom. The van der Waals surface area contributed by atoms with Gasteiger partial charge in [-0.05, 0) is 62.5 Å². The van der Waals surface area contributed by atoms with Gasteiger partial charge in [-0.3, -0.25) is 4.79 Å². The van der Waals surface area contributed by atoms with E-state index in [4.69, 9.17) is 0 Å². The molecule has 0 fully saturated rings. The van der Waals surface area contributed by atoms with Gasteiger partial charge in [-0.2, -0.15) is 0 Å². The SMILES string of the molecule is Cc1cc(NC(=O)c2ccnc(Br)c2)cnc1Br. The van der Waals surface area contributed by atoms with Crippen LogP contribution in [0.15, 0.2) is 39.8 Å². The second-order valence-corrected chi connectivity index (χ2v) is 5.22. The number of carbonyl (C=O) groups excluding carboxylic acids is 1. The highest BCUT2D eigenvalue weighted by molar-refractivity contribution is 9.10. The van der Waals surface area contributed by atoms with Gasteiger partial charge in [-0.15, -0.1) is 0 Å². The number of amides is 1. The molecule has 2 aromatic rings. The fraction of sp³-hybridized carbons (Fsp3) is 0.0833. The average Bonchev–Trinajstić information content (AvgIpc) is 2.34. The number of rotatable bonds is 2. The van der Waals surface area contributed by atoms with Gasteiger partial charge >= 0.3 is 0 Å². The molecule has 1 N–H and O–H groups in total. The molecule has 0 aliphatic rings. The minimum Gasteiger partial charge on any atom is -0.321 e. The highest BCUT2D eigenvalue weighted by atomic mass is 79.9. The number of nitrogens with zero attached hydrogens (tertiary/aromatic N) is 2. The van der Waals surface area contributed by atoms with Crippen molar-refractivity contribution in [3.63, 3.8) is 0 Å². The number of aryl methyl sites for hydroxylation is 1. The highest BCUT2D eigenvalue weighted by Crippen LogP contribution is 2.17. The molecule has 0 unspecified atom stereocenters. The van der Waals surface area contributed by atoms with Crippen LogP contribution in [0, 0.1) is 6.92 Å². The molecule has 92 valence electrons. The van der Waals surface area contributed by atoms with Crippen LogP contribution in [0.25, 0.3) is 0 Å². The van der Waals surface area contributed by atoms with Gasteiger partial charge in [-0.1, -0.05) is 0 Å². The fourth-order valence-corrected chi connectivity index (χ4v) is 1.96. The molecule has 0 saturated heterocycles. The van der Waals surface area contributed by atoms with Crippen LogP contribution >= 0.6 is 31.9 Å². The lowest BCUT2D eigenvalue weighted by molar-refractivity contribution is 0.102. The predicted molar refractivity (Wildman–Crippen MR) is 76.6 cm³/mol. The van der Waals surface area contributed by atoms with Crippen LogP contribution in [0.4, 0.5) is 5.69 Å². The van der Waals surface area contributed by atoms with Crippen molar-refractivity contribution in [2.24, 2.45) is 0 Å². The van der Waals surface area contributed by atoms with Crippen molar-refractivity contribution < 1.29 is 4.79 Å². The summed E-state index contributed by atoms with van der Waals surface area (Å²) in [5, 5.41) is 2.78. The normalized spacial score (nSPS) is 10.2. The van der Waals surface area contributed by atoms with Crippen LogP contribution in [0.1, 0.15) is 15.9 Å². The van der Waals surface area contributed by atoms with Crippen molar-refractivity contribution in [1.82, 2.24) is 9.97 Å². The molecule has 0 radical (unpaired) electrons. The standard InChI is InChI=1S/C12H9Br2N3O/c1-7-4-9(6-16-11(7)14)17-12(18)8-2-3-15-10(13)5-8/h2-6H,1H3,(H,17,18). The maximum atomic E-state index is 12.0. The molecule has 4 nitrogen and oxygen atoms in total. The van der Waals surface area contributed by atoms with Crippen molar-refractivity contribution in [3.05, 3.63) is 50.9 Å². The fourth-order valence-electron chi connectivity index (χ4n) is 1.37. The smallest absolute Gasteiger partial charge is 0.255 e. The summed E-state index contributed by atoms with van der Waals surface area (Å²) >= 11 is 6.54. The first kappa shape index (κ1) is 13.2. The van der Waals surface area contributed by atoms with Crippen LogP contribution in [0.2, 0.25) is 0 Å². The Labute approximate surface area is 121 Å². The van der Waals surface area contributed by atoms with Gasteiger partial charge < -0.3 is 5.32 Å². The van der Waals surface area contributed by atoms with Gasteiger partial charge in [0, 0.05) is 11.8 Å². The summed E-state index contributed by atoms with van der Waals surface area (Å²) < 4.78 is 1.40. The molecule has 0 saturated carbocycles. The molecule has 2 heterocycles. The summed E-state index contributed by atoms with van der Waals surface area (Å²) in [6, 6.07) is 5.17. The third-order valence-electron chi connectivity index (χ3n) is 2.26. The average molecular weight is 371 g/mol. The third-order valence-corrected chi connectivity index (χ3v) is 3.52. The van der Waals surface area contributed by atoms with Crippen LogP contribution in [0.3, 0.4) is 0 Å². The van der Waals surface area contributed by atoms with Gasteiger partial charge in [0.15, 0.2) is 0 Å². The Hall–Kier alpha value is -1.27. The largest absolute Gasteiger partial charge is 0.321 e. The van der Waals surface area contributed by atoms with Gasteiger partial charge in [0.25, 0.3) is 5.91 Å². The zero-order valence-corrected chi connectivity index (χ0v) is 12.6. The van der Waals surface area contributed by atoms with Crippen LogP contribution < -0.4 is 5.32 Å². The quantitative estimate of drug-likeness (QED) is 0.822. The Kier molecular flexibility index (Phi) is 4.08. The second kappa shape index (κ2) is 5.58. The number of carbonyl (C=O) groups is 1. The summed E-state index contributed by atoms with van der Waals surface area (Å²) in [6.45, 7) is 1.91. The molecule has 0 atom stereocenters. The first-order valence-electron chi connectivity index (χ1n) is 5.11. The van der Waals surface area contributed by atoms with Gasteiger partial charge in [0.1, 0.15) is 9.21 Å². The molecule has 0 aliphatic heterocycles. The van der Waals surface area contributed by atoms with Crippen LogP contribution in [-0.2, 0) is 0 Å². The molecule has 2 aromatic heterocycles. The van der Waals surface area contributed by atoms with E-state index in [1.165, 1.54) is 0 Å². The number of hydrogen-bond donors (Lipinski definition) is 1. The van der Waals surface area contributed by atoms with Crippen molar-refractivity contribution >= 4 is 43.5 Å². The molecule has 0 aliphatic carbocycles. The van der Waals surface area contributed by atoms with E-state index in [-0.39, 0.29) is 5.91 Å². The highest BCUT2D eigenvalue weighted by Gasteiger charge is 2.07. The van der Waals surface area contributed by atoms with E-state index >= 15 is 0 Å². The number of nitrogens with one attached hydrogen (secondary N) is 1. The van der Waals surface area contributed by atoms with Crippen molar-refractivity contribution in [2.45, 2.75) is 6.92 Å². The number of aromatic nitrogens is 2. The van der Waals surface area contributed by atoms with Crippen molar-refractivity contribution in [1.29, 1.82) is 0 Å². The Bertz CT molecular complexity index is 602. The van der Waals surface area contributed by atoms with E-state index < -0.39 is 0 Å². The minimum atomic E-state index is -0.193. The van der Waals surface area contributed by atoms with E-state index in [9.17, 15) is 4.79 Å². The van der Waals surface area contributed by atoms with E-state index in [1.54, 1.807) is 24.5 Å². The summed E-state index contributed by atoms with van der Waals surface area (Å²) in [5.41, 5.74) is 2.16. The molecule has 0 spiro atoms. The number of halogens is 2. The second-order valence-electron chi connectivity index (χ2n) is 3.65. The molecular weight excluding hydrogens is 362 g/mol. The Morgan fingerprint density at radius 2 is 2.06 bits per heavy atom. The lowest BCUT2D eigenvalue weighted by Crippen LogP contribution is -2.12. The summed E-state index contributed by atoms with van der Waals surface area (Å²) in [5.74, 6) is -0.193. The summed E-state index contributed by atoms with van der Waals surface area (Å²) in [4.78, 5) is 20.1. The van der Waals surface area contributed by atoms with Crippen molar-refractivity contribution in [2.75, 3.05) is 5.32 Å². The molecule has 0 bridgehead atoms. The topological polar surface area (TPSA) is 54.9 Å². The summed E-state index contributed by atoms with van der Waals surface area (Å²) in [7, 11) is 0. The number of pyridine rings is 2. The Balaban J connectivity index is 2.18. The zero-order chi connectivity index (χ0) is 13.1. The number of hydrogen-bond acceptors (Lipinski definition) is 3. The lowest BCUT2D eigenvalue weighted by atomic mass is 10.2. The third kappa shape index (κ3) is 3.14. The van der Waals surface area contributed by atoms with E-state index in [0.717, 1.165) is 10.2 Å². The summed E-state index contributed by atoms with van der Waals surface area (Å²) in [6.07, 6.45) is 3.18. The maximum Gasteiger partial charge on any atom is 0.255 e. The van der Waals surface area contributed by atoms with Crippen LogP contribution in [0.5, 0.6) is 0 Å². The first-order chi connectivity index (χ1) is 8.56. The maximum absolute atomic E-state index is 12.0. The molecular formula is C12H9Br2N3O. The van der Waals surface area contributed by atoms with Crippen molar-refractivity contribution in [3.8, 4) is 0 Å². The minimum absolute atomic E-state index is 0.193. The van der Waals surface area contributed by atoms with E-state index in [2.05, 4.69) is 47.1 Å². The van der Waals surface area contributed by atoms with Gasteiger partial charge in [-0.25, -0.2) is 9.97 Å². The monoisotopic (exact) mass is 369 g/mol. The molecule has 18 heavy (non-hydrogen) atoms. The van der Waals surface area contributed by atoms with E-state index in [1.807, 2.05) is 13.0 Å². The van der Waals surface area contributed by atoms with Gasteiger partial charge in [0.2, 0.25) is 0 Å². The number of anilines is 1. The first-order valence-corrected chi connectivity index (χ1v) is 6.70. The molecule has 6 heteroatoms. The van der Waals surface area contributed by atoms with E-state index in [0.29, 0.717) is 15.9 Å². The Morgan fingerprint density at radius 1 is 1.28 bits per heavy atom. The predicted octanol–water partition coefficient (Wildman–Crippen LogP) is 3.56. The molecule has 2 rings (SSSR count). The lowest BCUT2D eigenvalue weighted by Gasteiger charge is -2.06. The molecule has 1 amide bonds. The van der Waals surface area contributed by atoms with Crippen LogP contribution in [-0.4, -0.2) is 15.9 Å². The van der Waals surface area contributed by atoms with Gasteiger partial charge in [0.05, 0.1) is 11.9 Å².